The van der Waals surface area contributed by atoms with Crippen LogP contribution in [0.15, 0.2) is 34.9 Å². The highest BCUT2D eigenvalue weighted by Gasteiger charge is 2.13. The number of aromatic nitrogens is 2. The van der Waals surface area contributed by atoms with Crippen molar-refractivity contribution >= 4 is 22.6 Å². The monoisotopic (exact) mass is 278 g/mol. The highest BCUT2D eigenvalue weighted by molar-refractivity contribution is 6.16. The van der Waals surface area contributed by atoms with Gasteiger partial charge in [-0.05, 0) is 30.7 Å². The van der Waals surface area contributed by atoms with E-state index in [2.05, 4.69) is 4.98 Å². The van der Waals surface area contributed by atoms with Crippen molar-refractivity contribution in [1.82, 2.24) is 9.55 Å². The summed E-state index contributed by atoms with van der Waals surface area (Å²) >= 11 is 5.92. The lowest BCUT2D eigenvalue weighted by Gasteiger charge is -2.06. The van der Waals surface area contributed by atoms with E-state index >= 15 is 0 Å². The van der Waals surface area contributed by atoms with Crippen molar-refractivity contribution in [3.63, 3.8) is 0 Å². The van der Waals surface area contributed by atoms with Crippen molar-refractivity contribution in [2.45, 2.75) is 19.3 Å². The maximum absolute atomic E-state index is 13.6. The van der Waals surface area contributed by atoms with Gasteiger partial charge in [-0.3, -0.25) is 0 Å². The van der Waals surface area contributed by atoms with E-state index in [1.165, 1.54) is 6.07 Å². The number of alkyl halides is 1. The molecule has 0 amide bonds. The van der Waals surface area contributed by atoms with E-state index in [1.54, 1.807) is 19.3 Å². The predicted molar refractivity (Wildman–Crippen MR) is 71.8 cm³/mol. The van der Waals surface area contributed by atoms with Crippen LogP contribution in [0.5, 0.6) is 0 Å². The lowest BCUT2D eigenvalue weighted by molar-refractivity contribution is 0.493. The summed E-state index contributed by atoms with van der Waals surface area (Å²) in [7, 11) is 0. The molecule has 0 spiro atoms. The molecule has 0 aliphatic heterocycles. The van der Waals surface area contributed by atoms with Crippen molar-refractivity contribution in [3.05, 3.63) is 53.5 Å². The molecule has 0 fully saturated rings. The van der Waals surface area contributed by atoms with Gasteiger partial charge in [-0.2, -0.15) is 0 Å². The molecule has 0 unspecified atom stereocenters. The summed E-state index contributed by atoms with van der Waals surface area (Å²) in [5.74, 6) is 1.54. The predicted octanol–water partition coefficient (Wildman–Crippen LogP) is 3.86. The summed E-state index contributed by atoms with van der Waals surface area (Å²) in [4.78, 5) is 4.36. The number of nitrogens with zero attached hydrogens (tertiary/aromatic N) is 2. The Morgan fingerprint density at radius 3 is 2.95 bits per heavy atom. The lowest BCUT2D eigenvalue weighted by atomic mass is 10.2. The van der Waals surface area contributed by atoms with Crippen LogP contribution in [0.1, 0.15) is 17.1 Å². The van der Waals surface area contributed by atoms with Crippen LogP contribution in [0.25, 0.3) is 11.0 Å². The Morgan fingerprint density at radius 2 is 2.26 bits per heavy atom. The topological polar surface area (TPSA) is 31.0 Å². The lowest BCUT2D eigenvalue weighted by Crippen LogP contribution is -2.03. The molecule has 5 heteroatoms. The number of benzene rings is 1. The van der Waals surface area contributed by atoms with Gasteiger partial charge in [0.15, 0.2) is 0 Å². The highest BCUT2D eigenvalue weighted by atomic mass is 35.5. The SMILES string of the molecule is Cc1cc2c(cc1F)nc(CCl)n2Cc1ccco1. The van der Waals surface area contributed by atoms with Gasteiger partial charge in [-0.25, -0.2) is 9.37 Å². The average molecular weight is 279 g/mol. The van der Waals surface area contributed by atoms with Crippen molar-refractivity contribution in [1.29, 1.82) is 0 Å². The van der Waals surface area contributed by atoms with Crippen LogP contribution in [-0.4, -0.2) is 9.55 Å². The Balaban J connectivity index is 2.17. The standard InChI is InChI=1S/C14H12ClFN2O/c1-9-5-13-12(6-11(9)16)17-14(7-15)18(13)8-10-3-2-4-19-10/h2-6H,7-8H2,1H3. The Hall–Kier alpha value is -1.81. The summed E-state index contributed by atoms with van der Waals surface area (Å²) in [6.07, 6.45) is 1.62. The van der Waals surface area contributed by atoms with Crippen LogP contribution >= 0.6 is 11.6 Å². The summed E-state index contributed by atoms with van der Waals surface area (Å²) < 4.78 is 20.9. The number of aryl methyl sites for hydroxylation is 1. The maximum atomic E-state index is 13.6. The van der Waals surface area contributed by atoms with E-state index in [0.29, 0.717) is 23.4 Å². The smallest absolute Gasteiger partial charge is 0.128 e. The van der Waals surface area contributed by atoms with Gasteiger partial charge in [0.2, 0.25) is 0 Å². The summed E-state index contributed by atoms with van der Waals surface area (Å²) in [5, 5.41) is 0. The van der Waals surface area contributed by atoms with Crippen LogP contribution in [0.3, 0.4) is 0 Å². The largest absolute Gasteiger partial charge is 0.467 e. The summed E-state index contributed by atoms with van der Waals surface area (Å²) in [6, 6.07) is 6.95. The first-order chi connectivity index (χ1) is 9.19. The Kier molecular flexibility index (Phi) is 3.03. The van der Waals surface area contributed by atoms with Gasteiger partial charge in [-0.15, -0.1) is 11.6 Å². The molecule has 3 nitrogen and oxygen atoms in total. The fourth-order valence-electron chi connectivity index (χ4n) is 2.14. The molecule has 1 aromatic carbocycles. The van der Waals surface area contributed by atoms with Crippen LogP contribution in [-0.2, 0) is 12.4 Å². The van der Waals surface area contributed by atoms with E-state index in [9.17, 15) is 4.39 Å². The summed E-state index contributed by atoms with van der Waals surface area (Å²) in [6.45, 7) is 2.27. The molecule has 98 valence electrons. The molecule has 3 rings (SSSR count). The number of halogens is 2. The van der Waals surface area contributed by atoms with Crippen LogP contribution in [0.2, 0.25) is 0 Å². The molecule has 0 saturated carbocycles. The number of rotatable bonds is 3. The summed E-state index contributed by atoms with van der Waals surface area (Å²) in [5.41, 5.74) is 2.07. The van der Waals surface area contributed by atoms with Crippen LogP contribution < -0.4 is 0 Å². The maximum Gasteiger partial charge on any atom is 0.128 e. The number of furan rings is 1. The van der Waals surface area contributed by atoms with Crippen LogP contribution in [0.4, 0.5) is 4.39 Å². The molecule has 0 aliphatic carbocycles. The number of fused-ring (bicyclic) bond motifs is 1. The van der Waals surface area contributed by atoms with E-state index in [0.717, 1.165) is 11.3 Å². The molecule has 2 heterocycles. The molecule has 2 aromatic heterocycles. The number of imidazole rings is 1. The fraction of sp³-hybridized carbons (Fsp3) is 0.214. The van der Waals surface area contributed by atoms with Gasteiger partial charge < -0.3 is 8.98 Å². The normalized spacial score (nSPS) is 11.3. The molecule has 0 aliphatic rings. The zero-order chi connectivity index (χ0) is 13.4. The van der Waals surface area contributed by atoms with Gasteiger partial charge in [0.25, 0.3) is 0 Å². The molecule has 0 atom stereocenters. The van der Waals surface area contributed by atoms with E-state index in [-0.39, 0.29) is 11.7 Å². The zero-order valence-corrected chi connectivity index (χ0v) is 11.1. The third-order valence-corrected chi connectivity index (χ3v) is 3.36. The molecule has 0 bridgehead atoms. The number of hydrogen-bond acceptors (Lipinski definition) is 2. The second kappa shape index (κ2) is 4.70. The van der Waals surface area contributed by atoms with Crippen molar-refractivity contribution in [3.8, 4) is 0 Å². The quantitative estimate of drug-likeness (QED) is 0.681. The van der Waals surface area contributed by atoms with Crippen LogP contribution in [0, 0.1) is 12.7 Å². The van der Waals surface area contributed by atoms with Gasteiger partial charge >= 0.3 is 0 Å². The van der Waals surface area contributed by atoms with E-state index in [1.807, 2.05) is 16.7 Å². The molecule has 0 radical (unpaired) electrons. The van der Waals surface area contributed by atoms with Gasteiger partial charge in [0.1, 0.15) is 17.4 Å². The first kappa shape index (κ1) is 12.2. The van der Waals surface area contributed by atoms with Gasteiger partial charge in [0.05, 0.1) is 29.7 Å². The highest BCUT2D eigenvalue weighted by Crippen LogP contribution is 2.22. The van der Waals surface area contributed by atoms with Crippen molar-refractivity contribution in [2.75, 3.05) is 0 Å². The Labute approximate surface area is 114 Å². The Bertz CT molecular complexity index is 719. The minimum absolute atomic E-state index is 0.253. The molecular formula is C14H12ClFN2O. The second-order valence-corrected chi connectivity index (χ2v) is 4.68. The first-order valence-corrected chi connectivity index (χ1v) is 6.46. The van der Waals surface area contributed by atoms with Crippen molar-refractivity contribution in [2.24, 2.45) is 0 Å². The molecule has 19 heavy (non-hydrogen) atoms. The van der Waals surface area contributed by atoms with E-state index in [4.69, 9.17) is 16.0 Å². The second-order valence-electron chi connectivity index (χ2n) is 4.42. The van der Waals surface area contributed by atoms with Gasteiger partial charge in [-0.1, -0.05) is 0 Å². The molecule has 3 aromatic rings. The van der Waals surface area contributed by atoms with Gasteiger partial charge in [0, 0.05) is 6.07 Å². The Morgan fingerprint density at radius 1 is 1.42 bits per heavy atom. The minimum atomic E-state index is -0.253. The zero-order valence-electron chi connectivity index (χ0n) is 10.4. The number of hydrogen-bond donors (Lipinski definition) is 0. The van der Waals surface area contributed by atoms with Crippen molar-refractivity contribution < 1.29 is 8.81 Å². The molecular weight excluding hydrogens is 267 g/mol. The third kappa shape index (κ3) is 2.12. The molecule has 0 N–H and O–H groups in total. The third-order valence-electron chi connectivity index (χ3n) is 3.12. The molecule has 0 saturated heterocycles. The minimum Gasteiger partial charge on any atom is -0.467 e. The average Bonchev–Trinajstić information content (AvgIpc) is 3.00. The van der Waals surface area contributed by atoms with E-state index < -0.39 is 0 Å². The fourth-order valence-corrected chi connectivity index (χ4v) is 2.34. The first-order valence-electron chi connectivity index (χ1n) is 5.92.